The largest absolute Gasteiger partial charge is 0.370 e. The molecule has 0 heterocycles. The van der Waals surface area contributed by atoms with E-state index in [0.717, 1.165) is 5.56 Å². The lowest BCUT2D eigenvalue weighted by molar-refractivity contribution is 0.631. The van der Waals surface area contributed by atoms with Crippen molar-refractivity contribution in [2.45, 2.75) is 26.8 Å². The molecule has 3 N–H and O–H groups in total. The minimum Gasteiger partial charge on any atom is -0.370 e. The van der Waals surface area contributed by atoms with Crippen LogP contribution in [0.3, 0.4) is 0 Å². The van der Waals surface area contributed by atoms with Crippen LogP contribution in [0.15, 0.2) is 23.2 Å². The van der Waals surface area contributed by atoms with Crippen molar-refractivity contribution in [3.63, 3.8) is 0 Å². The quantitative estimate of drug-likeness (QED) is 0.580. The molecule has 0 atom stereocenters. The number of halogens is 1. The van der Waals surface area contributed by atoms with Gasteiger partial charge in [-0.15, -0.1) is 0 Å². The van der Waals surface area contributed by atoms with E-state index in [9.17, 15) is 4.39 Å². The smallest absolute Gasteiger partial charge is 0.193 e. The normalized spacial score (nSPS) is 11.9. The minimum absolute atomic E-state index is 0.0889. The molecule has 0 aromatic heterocycles. The van der Waals surface area contributed by atoms with Gasteiger partial charge in [-0.1, -0.05) is 6.07 Å². The average Bonchev–Trinajstić information content (AvgIpc) is 2.08. The Morgan fingerprint density at radius 2 is 2.13 bits per heavy atom. The number of aliphatic imine (C=N–C) groups is 1. The van der Waals surface area contributed by atoms with E-state index in [1.54, 1.807) is 6.07 Å². The number of aryl methyl sites for hydroxylation is 1. The topological polar surface area (TPSA) is 50.4 Å². The molecule has 3 nitrogen and oxygen atoms in total. The average molecular weight is 209 g/mol. The molecule has 0 saturated carbocycles. The molecule has 0 unspecified atom stereocenters. The highest BCUT2D eigenvalue weighted by molar-refractivity contribution is 5.92. The van der Waals surface area contributed by atoms with Crippen LogP contribution in [-0.2, 0) is 0 Å². The maximum absolute atomic E-state index is 13.4. The van der Waals surface area contributed by atoms with Crippen LogP contribution in [0.1, 0.15) is 19.4 Å². The van der Waals surface area contributed by atoms with Gasteiger partial charge < -0.3 is 11.1 Å². The van der Waals surface area contributed by atoms with Gasteiger partial charge in [-0.2, -0.15) is 0 Å². The predicted molar refractivity (Wildman–Crippen MR) is 61.5 cm³/mol. The summed E-state index contributed by atoms with van der Waals surface area (Å²) in [4.78, 5) is 4.05. The Balaban J connectivity index is 2.81. The van der Waals surface area contributed by atoms with E-state index in [0.29, 0.717) is 5.69 Å². The lowest BCUT2D eigenvalue weighted by Crippen LogP contribution is -2.24. The summed E-state index contributed by atoms with van der Waals surface area (Å²) in [7, 11) is 0. The zero-order chi connectivity index (χ0) is 11.4. The molecule has 0 amide bonds. The summed E-state index contributed by atoms with van der Waals surface area (Å²) >= 11 is 0. The van der Waals surface area contributed by atoms with Gasteiger partial charge >= 0.3 is 0 Å². The SMILES string of the molecule is Cc1ccc(NC(N)=NC(C)C)c(F)c1. The molecular formula is C11H16FN3. The number of nitrogens with one attached hydrogen (secondary N) is 1. The van der Waals surface area contributed by atoms with Crippen molar-refractivity contribution in [1.82, 2.24) is 0 Å². The van der Waals surface area contributed by atoms with Gasteiger partial charge in [-0.25, -0.2) is 4.39 Å². The summed E-state index contributed by atoms with van der Waals surface area (Å²) < 4.78 is 13.4. The summed E-state index contributed by atoms with van der Waals surface area (Å²) in [6.07, 6.45) is 0. The Morgan fingerprint density at radius 3 is 2.67 bits per heavy atom. The van der Waals surface area contributed by atoms with Gasteiger partial charge in [0.1, 0.15) is 5.82 Å². The molecule has 0 saturated heterocycles. The number of guanidine groups is 1. The standard InChI is InChI=1S/C11H16FN3/c1-7(2)14-11(13)15-10-5-4-8(3)6-9(10)12/h4-7H,1-3H3,(H3,13,14,15). The monoisotopic (exact) mass is 209 g/mol. The lowest BCUT2D eigenvalue weighted by Gasteiger charge is -2.08. The van der Waals surface area contributed by atoms with E-state index in [-0.39, 0.29) is 17.8 Å². The number of nitrogens with two attached hydrogens (primary N) is 1. The molecule has 0 aliphatic heterocycles. The van der Waals surface area contributed by atoms with Gasteiger partial charge in [0.15, 0.2) is 5.96 Å². The molecule has 0 bridgehead atoms. The summed E-state index contributed by atoms with van der Waals surface area (Å²) in [5.74, 6) is -0.0929. The van der Waals surface area contributed by atoms with Gasteiger partial charge in [0, 0.05) is 6.04 Å². The molecule has 1 aromatic carbocycles. The molecule has 1 aromatic rings. The third-order valence-electron chi connectivity index (χ3n) is 1.78. The number of hydrogen-bond donors (Lipinski definition) is 2. The molecule has 0 fully saturated rings. The van der Waals surface area contributed by atoms with Gasteiger partial charge in [0.25, 0.3) is 0 Å². The van der Waals surface area contributed by atoms with E-state index in [1.807, 2.05) is 26.8 Å². The van der Waals surface area contributed by atoms with E-state index in [1.165, 1.54) is 6.07 Å². The maximum atomic E-state index is 13.4. The molecule has 1 rings (SSSR count). The van der Waals surface area contributed by atoms with Crippen LogP contribution in [0.25, 0.3) is 0 Å². The van der Waals surface area contributed by atoms with Gasteiger partial charge in [-0.05, 0) is 38.5 Å². The number of nitrogens with zero attached hydrogens (tertiary/aromatic N) is 1. The third kappa shape index (κ3) is 3.58. The number of benzene rings is 1. The summed E-state index contributed by atoms with van der Waals surface area (Å²) in [5, 5.41) is 2.72. The van der Waals surface area contributed by atoms with Gasteiger partial charge in [0.2, 0.25) is 0 Å². The second kappa shape index (κ2) is 4.77. The van der Waals surface area contributed by atoms with Crippen molar-refractivity contribution in [2.75, 3.05) is 5.32 Å². The fraction of sp³-hybridized carbons (Fsp3) is 0.364. The zero-order valence-corrected chi connectivity index (χ0v) is 9.21. The van der Waals surface area contributed by atoms with Crippen LogP contribution in [0.2, 0.25) is 0 Å². The first-order chi connectivity index (χ1) is 6.99. The van der Waals surface area contributed by atoms with Crippen molar-refractivity contribution in [3.8, 4) is 0 Å². The second-order valence-corrected chi connectivity index (χ2v) is 3.72. The molecule has 15 heavy (non-hydrogen) atoms. The molecule has 0 aliphatic carbocycles. The minimum atomic E-state index is -0.322. The zero-order valence-electron chi connectivity index (χ0n) is 9.21. The van der Waals surface area contributed by atoms with Crippen molar-refractivity contribution >= 4 is 11.6 Å². The van der Waals surface area contributed by atoms with Crippen LogP contribution in [0, 0.1) is 12.7 Å². The van der Waals surface area contributed by atoms with E-state index >= 15 is 0 Å². The van der Waals surface area contributed by atoms with E-state index < -0.39 is 0 Å². The van der Waals surface area contributed by atoms with Crippen molar-refractivity contribution in [1.29, 1.82) is 0 Å². The first-order valence-corrected chi connectivity index (χ1v) is 4.85. The molecule has 0 aliphatic rings. The van der Waals surface area contributed by atoms with Crippen molar-refractivity contribution in [2.24, 2.45) is 10.7 Å². The number of hydrogen-bond acceptors (Lipinski definition) is 1. The summed E-state index contributed by atoms with van der Waals surface area (Å²) in [5.41, 5.74) is 6.81. The van der Waals surface area contributed by atoms with E-state index in [2.05, 4.69) is 10.3 Å². The summed E-state index contributed by atoms with van der Waals surface area (Å²) in [6, 6.07) is 5.00. The van der Waals surface area contributed by atoms with Crippen LogP contribution < -0.4 is 11.1 Å². The second-order valence-electron chi connectivity index (χ2n) is 3.72. The summed E-state index contributed by atoms with van der Waals surface area (Å²) in [6.45, 7) is 5.64. The van der Waals surface area contributed by atoms with Gasteiger partial charge in [-0.3, -0.25) is 4.99 Å². The number of anilines is 1. The van der Waals surface area contributed by atoms with Gasteiger partial charge in [0.05, 0.1) is 5.69 Å². The van der Waals surface area contributed by atoms with E-state index in [4.69, 9.17) is 5.73 Å². The fourth-order valence-electron chi connectivity index (χ4n) is 1.17. The Bertz CT molecular complexity index is 372. The molecule has 0 radical (unpaired) electrons. The Hall–Kier alpha value is -1.58. The maximum Gasteiger partial charge on any atom is 0.193 e. The Kier molecular flexibility index (Phi) is 3.66. The first kappa shape index (κ1) is 11.5. The molecule has 4 heteroatoms. The highest BCUT2D eigenvalue weighted by Gasteiger charge is 2.03. The highest BCUT2D eigenvalue weighted by Crippen LogP contribution is 2.14. The lowest BCUT2D eigenvalue weighted by atomic mass is 10.2. The molecule has 82 valence electrons. The predicted octanol–water partition coefficient (Wildman–Crippen LogP) is 2.27. The fourth-order valence-corrected chi connectivity index (χ4v) is 1.17. The third-order valence-corrected chi connectivity index (χ3v) is 1.78. The molecular weight excluding hydrogens is 193 g/mol. The number of rotatable bonds is 2. The Labute approximate surface area is 89.2 Å². The van der Waals surface area contributed by atoms with Crippen molar-refractivity contribution in [3.05, 3.63) is 29.6 Å². The van der Waals surface area contributed by atoms with Crippen LogP contribution in [-0.4, -0.2) is 12.0 Å². The highest BCUT2D eigenvalue weighted by atomic mass is 19.1. The molecule has 0 spiro atoms. The van der Waals surface area contributed by atoms with Crippen LogP contribution in [0.4, 0.5) is 10.1 Å². The van der Waals surface area contributed by atoms with Crippen LogP contribution in [0.5, 0.6) is 0 Å². The Morgan fingerprint density at radius 1 is 1.47 bits per heavy atom. The first-order valence-electron chi connectivity index (χ1n) is 4.85. The van der Waals surface area contributed by atoms with Crippen LogP contribution >= 0.6 is 0 Å². The van der Waals surface area contributed by atoms with Crippen molar-refractivity contribution < 1.29 is 4.39 Å².